The molecule has 0 atom stereocenters. The predicted molar refractivity (Wildman–Crippen MR) is 142 cm³/mol. The van der Waals surface area contributed by atoms with Crippen molar-refractivity contribution in [3.8, 4) is 0 Å². The number of carbonyl (C=O) groups excluding carboxylic acids is 1. The number of esters is 1. The van der Waals surface area contributed by atoms with E-state index in [0.29, 0.717) is 12.8 Å². The molecule has 0 saturated heterocycles. The van der Waals surface area contributed by atoms with Crippen LogP contribution in [-0.4, -0.2) is 23.1 Å². The summed E-state index contributed by atoms with van der Waals surface area (Å²) in [4.78, 5) is 22.1. The number of unbranched alkanes of at least 4 members (excludes halogenated alkanes) is 14. The fraction of sp³-hybridized carbons (Fsp3) is 0.931. The molecular formula is C29H58O4. The first kappa shape index (κ1) is 34.1. The third-order valence-electron chi connectivity index (χ3n) is 6.04. The van der Waals surface area contributed by atoms with Gasteiger partial charge in [-0.25, -0.2) is 0 Å². The monoisotopic (exact) mass is 470 g/mol. The molecule has 0 unspecified atom stereocenters. The van der Waals surface area contributed by atoms with Crippen LogP contribution in [0.1, 0.15) is 169 Å². The molecule has 4 nitrogen and oxygen atoms in total. The molecule has 0 rings (SSSR count). The lowest BCUT2D eigenvalue weighted by Gasteiger charge is -2.18. The zero-order chi connectivity index (χ0) is 25.0. The summed E-state index contributed by atoms with van der Waals surface area (Å²) in [5.41, 5.74) is 0. The summed E-state index contributed by atoms with van der Waals surface area (Å²) < 4.78 is 5.71. The summed E-state index contributed by atoms with van der Waals surface area (Å²) in [6, 6.07) is 0. The number of ether oxygens (including phenoxy) is 1. The van der Waals surface area contributed by atoms with Crippen LogP contribution < -0.4 is 0 Å². The van der Waals surface area contributed by atoms with Gasteiger partial charge in [0.1, 0.15) is 6.10 Å². The van der Waals surface area contributed by atoms with E-state index in [-0.39, 0.29) is 12.1 Å². The second-order valence-electron chi connectivity index (χ2n) is 9.53. The molecule has 0 aliphatic carbocycles. The lowest BCUT2D eigenvalue weighted by atomic mass is 10.0. The molecule has 0 radical (unpaired) electrons. The van der Waals surface area contributed by atoms with Gasteiger partial charge in [0.15, 0.2) is 0 Å². The Bertz CT molecular complexity index is 398. The molecule has 0 aromatic rings. The van der Waals surface area contributed by atoms with Crippen LogP contribution in [-0.2, 0) is 14.3 Å². The Labute approximate surface area is 206 Å². The third-order valence-corrected chi connectivity index (χ3v) is 6.04. The highest BCUT2D eigenvalue weighted by Gasteiger charge is 2.13. The average molecular weight is 471 g/mol. The van der Waals surface area contributed by atoms with Gasteiger partial charge in [-0.3, -0.25) is 9.59 Å². The molecule has 0 aromatic heterocycles. The van der Waals surface area contributed by atoms with Crippen LogP contribution in [0.5, 0.6) is 0 Å². The van der Waals surface area contributed by atoms with Gasteiger partial charge < -0.3 is 9.84 Å². The number of hydrogen-bond donors (Lipinski definition) is 1. The maximum absolute atomic E-state index is 11.9. The van der Waals surface area contributed by atoms with Gasteiger partial charge in [0.05, 0.1) is 0 Å². The van der Waals surface area contributed by atoms with Crippen LogP contribution >= 0.6 is 0 Å². The van der Waals surface area contributed by atoms with Gasteiger partial charge in [-0.05, 0) is 38.5 Å². The topological polar surface area (TPSA) is 63.6 Å². The lowest BCUT2D eigenvalue weighted by molar-refractivity contribution is -0.150. The largest absolute Gasteiger partial charge is 0.481 e. The molecule has 0 amide bonds. The second kappa shape index (κ2) is 29.0. The van der Waals surface area contributed by atoms with Crippen LogP contribution in [0.25, 0.3) is 0 Å². The van der Waals surface area contributed by atoms with E-state index >= 15 is 0 Å². The number of carboxylic acids is 1. The maximum Gasteiger partial charge on any atom is 0.306 e. The minimum Gasteiger partial charge on any atom is -0.481 e. The van der Waals surface area contributed by atoms with Gasteiger partial charge >= 0.3 is 11.9 Å². The molecule has 0 bridgehead atoms. The summed E-state index contributed by atoms with van der Waals surface area (Å²) in [6.07, 6.45) is 24.8. The number of hydrogen-bond acceptors (Lipinski definition) is 3. The number of carbonyl (C=O) groups is 2. The fourth-order valence-electron chi connectivity index (χ4n) is 3.86. The van der Waals surface area contributed by atoms with Crippen molar-refractivity contribution < 1.29 is 19.4 Å². The zero-order valence-corrected chi connectivity index (χ0v) is 22.8. The van der Waals surface area contributed by atoms with E-state index < -0.39 is 5.97 Å². The molecule has 0 aliphatic heterocycles. The molecule has 0 spiro atoms. The molecule has 1 N–H and O–H groups in total. The molecule has 33 heavy (non-hydrogen) atoms. The summed E-state index contributed by atoms with van der Waals surface area (Å²) in [5.74, 6) is -0.631. The van der Waals surface area contributed by atoms with Gasteiger partial charge in [-0.1, -0.05) is 118 Å². The molecule has 4 heteroatoms. The number of aliphatic carboxylic acids is 1. The van der Waals surface area contributed by atoms with Crippen LogP contribution in [0.4, 0.5) is 0 Å². The number of rotatable bonds is 23. The standard InChI is InChI=1S/C19H38O2.C10H20O2/c1-4-7-10-11-14-17-19(20)21-18(15-12-8-5-2)16-13-9-6-3;1-2-3-4-5-6-7-8-9-10(11)12/h18H,4-17H2,1-3H3;2-9H2,1H3,(H,11,12). The summed E-state index contributed by atoms with van der Waals surface area (Å²) in [5, 5.41) is 8.35. The smallest absolute Gasteiger partial charge is 0.306 e. The highest BCUT2D eigenvalue weighted by molar-refractivity contribution is 5.69. The quantitative estimate of drug-likeness (QED) is 0.119. The van der Waals surface area contributed by atoms with E-state index in [1.54, 1.807) is 0 Å². The summed E-state index contributed by atoms with van der Waals surface area (Å²) >= 11 is 0. The summed E-state index contributed by atoms with van der Waals surface area (Å²) in [6.45, 7) is 8.85. The summed E-state index contributed by atoms with van der Waals surface area (Å²) in [7, 11) is 0. The first-order valence-corrected chi connectivity index (χ1v) is 14.4. The Morgan fingerprint density at radius 3 is 1.33 bits per heavy atom. The van der Waals surface area contributed by atoms with Gasteiger partial charge in [0.2, 0.25) is 0 Å². The van der Waals surface area contributed by atoms with E-state index in [1.807, 2.05) is 0 Å². The van der Waals surface area contributed by atoms with E-state index in [2.05, 4.69) is 27.7 Å². The fourth-order valence-corrected chi connectivity index (χ4v) is 3.86. The number of carboxylic acid groups (broad SMARTS) is 1. The predicted octanol–water partition coefficient (Wildman–Crippen LogP) is 9.63. The minimum atomic E-state index is -0.663. The minimum absolute atomic E-state index is 0.0319. The SMILES string of the molecule is CCCCCCCC(=O)OC(CCCCC)CCCCC.CCCCCCCCCC(=O)O. The molecular weight excluding hydrogens is 412 g/mol. The van der Waals surface area contributed by atoms with Crippen LogP contribution in [0.3, 0.4) is 0 Å². The highest BCUT2D eigenvalue weighted by atomic mass is 16.5. The third kappa shape index (κ3) is 30.9. The van der Waals surface area contributed by atoms with Gasteiger partial charge in [0.25, 0.3) is 0 Å². The first-order chi connectivity index (χ1) is 16.0. The molecule has 198 valence electrons. The van der Waals surface area contributed by atoms with Crippen molar-refractivity contribution in [2.24, 2.45) is 0 Å². The zero-order valence-electron chi connectivity index (χ0n) is 22.8. The van der Waals surface area contributed by atoms with Crippen molar-refractivity contribution in [1.82, 2.24) is 0 Å². The Hall–Kier alpha value is -1.06. The second-order valence-corrected chi connectivity index (χ2v) is 9.53. The maximum atomic E-state index is 11.9. The van der Waals surface area contributed by atoms with Crippen LogP contribution in [0.15, 0.2) is 0 Å². The van der Waals surface area contributed by atoms with E-state index in [4.69, 9.17) is 9.84 Å². The van der Waals surface area contributed by atoms with Crippen molar-refractivity contribution in [3.05, 3.63) is 0 Å². The Kier molecular flexibility index (Phi) is 29.9. The average Bonchev–Trinajstić information content (AvgIpc) is 2.79. The normalized spacial score (nSPS) is 10.7. The van der Waals surface area contributed by atoms with E-state index in [0.717, 1.165) is 32.1 Å². The lowest BCUT2D eigenvalue weighted by Crippen LogP contribution is -2.18. The van der Waals surface area contributed by atoms with Crippen LogP contribution in [0, 0.1) is 0 Å². The van der Waals surface area contributed by atoms with Crippen molar-refractivity contribution in [2.45, 2.75) is 175 Å². The van der Waals surface area contributed by atoms with Crippen molar-refractivity contribution in [2.75, 3.05) is 0 Å². The van der Waals surface area contributed by atoms with Crippen molar-refractivity contribution in [3.63, 3.8) is 0 Å². The molecule has 0 heterocycles. The Balaban J connectivity index is 0. The first-order valence-electron chi connectivity index (χ1n) is 14.4. The van der Waals surface area contributed by atoms with E-state index in [1.165, 1.54) is 96.3 Å². The van der Waals surface area contributed by atoms with Gasteiger partial charge in [0, 0.05) is 12.8 Å². The van der Waals surface area contributed by atoms with Crippen molar-refractivity contribution in [1.29, 1.82) is 0 Å². The van der Waals surface area contributed by atoms with E-state index in [9.17, 15) is 9.59 Å². The van der Waals surface area contributed by atoms with Crippen LogP contribution in [0.2, 0.25) is 0 Å². The van der Waals surface area contributed by atoms with Gasteiger partial charge in [-0.2, -0.15) is 0 Å². The highest BCUT2D eigenvalue weighted by Crippen LogP contribution is 2.16. The Morgan fingerprint density at radius 1 is 0.545 bits per heavy atom. The molecule has 0 aliphatic rings. The molecule has 0 saturated carbocycles. The van der Waals surface area contributed by atoms with Crippen molar-refractivity contribution >= 4 is 11.9 Å². The Morgan fingerprint density at radius 2 is 0.909 bits per heavy atom. The molecule has 0 fully saturated rings. The molecule has 0 aromatic carbocycles. The van der Waals surface area contributed by atoms with Gasteiger partial charge in [-0.15, -0.1) is 0 Å².